The number of amides is 1. The molecule has 0 fully saturated rings. The molecule has 32 heavy (non-hydrogen) atoms. The molecule has 0 aliphatic rings. The summed E-state index contributed by atoms with van der Waals surface area (Å²) >= 11 is 18.0. The van der Waals surface area contributed by atoms with Crippen molar-refractivity contribution in [3.63, 3.8) is 0 Å². The molecule has 0 aliphatic carbocycles. The molecule has 1 amide bonds. The van der Waals surface area contributed by atoms with Crippen molar-refractivity contribution in [2.24, 2.45) is 0 Å². The van der Waals surface area contributed by atoms with Crippen LogP contribution in [-0.2, 0) is 0 Å². The second-order valence-corrected chi connectivity index (χ2v) is 7.71. The van der Waals surface area contributed by atoms with Crippen LogP contribution in [0.1, 0.15) is 23.7 Å². The number of phenolic OH excluding ortho intramolecular Hbond substituents is 1. The highest BCUT2D eigenvalue weighted by atomic mass is 35.5. The average Bonchev–Trinajstić information content (AvgIpc) is 3.30. The lowest BCUT2D eigenvalue weighted by atomic mass is 10.2. The number of benzene rings is 2. The van der Waals surface area contributed by atoms with Gasteiger partial charge in [-0.3, -0.25) is 9.36 Å². The number of hydrogen-bond donors (Lipinski definition) is 1. The van der Waals surface area contributed by atoms with Gasteiger partial charge in [-0.05, 0) is 30.7 Å². The first-order chi connectivity index (χ1) is 15.4. The third-order valence-electron chi connectivity index (χ3n) is 4.12. The molecule has 0 spiro atoms. The fourth-order valence-electron chi connectivity index (χ4n) is 2.62. The van der Waals surface area contributed by atoms with E-state index in [2.05, 4.69) is 4.98 Å². The number of nitrogens with zero attached hydrogens (tertiary/aromatic N) is 3. The minimum Gasteiger partial charge on any atom is -0.507 e. The van der Waals surface area contributed by atoms with Crippen LogP contribution in [0.3, 0.4) is 0 Å². The van der Waals surface area contributed by atoms with Gasteiger partial charge in [-0.2, -0.15) is 0 Å². The molecule has 10 heteroatoms. The fraction of sp³-hybridized carbons (Fsp3) is 0.227. The lowest BCUT2D eigenvalue weighted by Gasteiger charge is -2.22. The van der Waals surface area contributed by atoms with Crippen molar-refractivity contribution < 1.29 is 19.4 Å². The highest BCUT2D eigenvalue weighted by molar-refractivity contribution is 6.40. The summed E-state index contributed by atoms with van der Waals surface area (Å²) in [7, 11) is 0. The maximum atomic E-state index is 12.3. The Balaban J connectivity index is 0.000000336. The van der Waals surface area contributed by atoms with E-state index in [0.29, 0.717) is 45.8 Å². The van der Waals surface area contributed by atoms with Crippen molar-refractivity contribution in [3.05, 3.63) is 75.8 Å². The van der Waals surface area contributed by atoms with Crippen molar-refractivity contribution in [2.45, 2.75) is 13.3 Å². The lowest BCUT2D eigenvalue weighted by Crippen LogP contribution is -2.37. The van der Waals surface area contributed by atoms with E-state index >= 15 is 0 Å². The minimum absolute atomic E-state index is 0.0347. The molecule has 2 aromatic carbocycles. The number of hydrogen-bond acceptors (Lipinski definition) is 5. The first-order valence-corrected chi connectivity index (χ1v) is 10.8. The predicted octanol–water partition coefficient (Wildman–Crippen LogP) is 5.81. The van der Waals surface area contributed by atoms with E-state index in [1.165, 1.54) is 17.0 Å². The van der Waals surface area contributed by atoms with Crippen LogP contribution < -0.4 is 4.74 Å². The molecule has 1 heterocycles. The number of carbonyl (C=O) groups is 2. The minimum atomic E-state index is -0.152. The molecule has 1 aromatic heterocycles. The zero-order valence-electron chi connectivity index (χ0n) is 17.2. The van der Waals surface area contributed by atoms with Gasteiger partial charge in [0.05, 0.1) is 22.2 Å². The molecular formula is C22H22Cl3N3O4. The van der Waals surface area contributed by atoms with Crippen LogP contribution in [-0.4, -0.2) is 51.6 Å². The number of halogens is 3. The van der Waals surface area contributed by atoms with Gasteiger partial charge in [-0.1, -0.05) is 53.9 Å². The molecule has 1 N–H and O–H groups in total. The van der Waals surface area contributed by atoms with Crippen molar-refractivity contribution in [1.29, 1.82) is 0 Å². The Morgan fingerprint density at radius 3 is 2.41 bits per heavy atom. The van der Waals surface area contributed by atoms with E-state index in [-0.39, 0.29) is 18.4 Å². The van der Waals surface area contributed by atoms with Gasteiger partial charge in [-0.15, -0.1) is 0 Å². The average molecular weight is 499 g/mol. The van der Waals surface area contributed by atoms with Gasteiger partial charge >= 0.3 is 6.03 Å². The third kappa shape index (κ3) is 7.44. The zero-order chi connectivity index (χ0) is 23.5. The summed E-state index contributed by atoms with van der Waals surface area (Å²) in [6.45, 7) is 3.28. The van der Waals surface area contributed by atoms with Crippen LogP contribution in [0.5, 0.6) is 11.5 Å². The molecule has 3 rings (SSSR count). The number of aldehydes is 1. The van der Waals surface area contributed by atoms with Gasteiger partial charge < -0.3 is 14.7 Å². The van der Waals surface area contributed by atoms with Gasteiger partial charge in [0.1, 0.15) is 18.7 Å². The number of para-hydroxylation sites is 1. The highest BCUT2D eigenvalue weighted by Gasteiger charge is 2.15. The summed E-state index contributed by atoms with van der Waals surface area (Å²) in [6.07, 6.45) is 6.10. The van der Waals surface area contributed by atoms with Crippen molar-refractivity contribution in [1.82, 2.24) is 14.5 Å². The molecule has 3 aromatic rings. The van der Waals surface area contributed by atoms with Crippen molar-refractivity contribution >= 4 is 47.1 Å². The molecule has 0 radical (unpaired) electrons. The van der Waals surface area contributed by atoms with Gasteiger partial charge in [0.25, 0.3) is 0 Å². The maximum Gasteiger partial charge on any atom is 0.329 e. The summed E-state index contributed by atoms with van der Waals surface area (Å²) < 4.78 is 7.05. The number of aromatic nitrogens is 2. The van der Waals surface area contributed by atoms with E-state index in [0.717, 1.165) is 6.42 Å². The fourth-order valence-corrected chi connectivity index (χ4v) is 3.55. The normalized spacial score (nSPS) is 10.1. The van der Waals surface area contributed by atoms with E-state index in [9.17, 15) is 9.59 Å². The highest BCUT2D eigenvalue weighted by Crippen LogP contribution is 2.35. The lowest BCUT2D eigenvalue weighted by molar-refractivity contribution is 0.112. The zero-order valence-corrected chi connectivity index (χ0v) is 19.5. The van der Waals surface area contributed by atoms with Crippen molar-refractivity contribution in [2.75, 3.05) is 19.7 Å². The smallest absolute Gasteiger partial charge is 0.329 e. The van der Waals surface area contributed by atoms with E-state index in [4.69, 9.17) is 44.6 Å². The van der Waals surface area contributed by atoms with Crippen molar-refractivity contribution in [3.8, 4) is 11.5 Å². The summed E-state index contributed by atoms with van der Waals surface area (Å²) in [5, 5.41) is 10.00. The van der Waals surface area contributed by atoms with Crippen LogP contribution in [0.15, 0.2) is 55.1 Å². The SMILES string of the molecule is CCCN(CCOc1c(Cl)cc(Cl)cc1Cl)C(=O)n1ccnc1.O=Cc1ccccc1O. The standard InChI is InChI=1S/C15H16Cl3N3O2.C7H6O2/c1-2-4-20(15(22)21-5-3-19-10-21)6-7-23-14-12(17)8-11(16)9-13(14)18;8-5-6-3-1-2-4-7(6)9/h3,5,8-10H,2,4,6-7H2,1H3;1-5,9H. The summed E-state index contributed by atoms with van der Waals surface area (Å²) in [5.41, 5.74) is 0.331. The van der Waals surface area contributed by atoms with Gasteiger partial charge in [0.15, 0.2) is 12.0 Å². The first-order valence-electron chi connectivity index (χ1n) is 9.65. The molecule has 0 saturated carbocycles. The maximum absolute atomic E-state index is 12.3. The molecular weight excluding hydrogens is 477 g/mol. The number of carbonyl (C=O) groups excluding carboxylic acids is 2. The Morgan fingerprint density at radius 2 is 1.88 bits per heavy atom. The molecule has 0 aliphatic heterocycles. The summed E-state index contributed by atoms with van der Waals surface area (Å²) in [4.78, 5) is 28.0. The Labute approximate surface area is 201 Å². The van der Waals surface area contributed by atoms with E-state index in [1.54, 1.807) is 47.6 Å². The summed E-state index contributed by atoms with van der Waals surface area (Å²) in [6, 6.07) is 9.37. The predicted molar refractivity (Wildman–Crippen MR) is 125 cm³/mol. The van der Waals surface area contributed by atoms with E-state index in [1.807, 2.05) is 6.92 Å². The third-order valence-corrected chi connectivity index (χ3v) is 4.90. The number of rotatable bonds is 7. The van der Waals surface area contributed by atoms with E-state index < -0.39 is 0 Å². The molecule has 0 bridgehead atoms. The Kier molecular flexibility index (Phi) is 10.3. The van der Waals surface area contributed by atoms with Crippen LogP contribution in [0.25, 0.3) is 0 Å². The number of ether oxygens (including phenoxy) is 1. The van der Waals surface area contributed by atoms with Crippen LogP contribution in [0.4, 0.5) is 4.79 Å². The Hall–Kier alpha value is -2.74. The number of phenols is 1. The monoisotopic (exact) mass is 497 g/mol. The van der Waals surface area contributed by atoms with Crippen LogP contribution in [0, 0.1) is 0 Å². The summed E-state index contributed by atoms with van der Waals surface area (Å²) in [5.74, 6) is 0.400. The second-order valence-electron chi connectivity index (χ2n) is 6.46. The van der Waals surface area contributed by atoms with Crippen LogP contribution in [0.2, 0.25) is 15.1 Å². The number of imidazole rings is 1. The molecule has 0 atom stereocenters. The topological polar surface area (TPSA) is 84.7 Å². The van der Waals surface area contributed by atoms with Gasteiger partial charge in [0.2, 0.25) is 0 Å². The number of aromatic hydroxyl groups is 1. The molecule has 7 nitrogen and oxygen atoms in total. The molecule has 0 unspecified atom stereocenters. The Morgan fingerprint density at radius 1 is 1.19 bits per heavy atom. The largest absolute Gasteiger partial charge is 0.507 e. The van der Waals surface area contributed by atoms with Crippen LogP contribution >= 0.6 is 34.8 Å². The quantitative estimate of drug-likeness (QED) is 0.416. The van der Waals surface area contributed by atoms with Gasteiger partial charge in [0, 0.05) is 24.0 Å². The molecule has 170 valence electrons. The molecule has 0 saturated heterocycles. The second kappa shape index (κ2) is 13.0. The first kappa shape index (κ1) is 25.5. The Bertz CT molecular complexity index is 1010. The van der Waals surface area contributed by atoms with Gasteiger partial charge in [-0.25, -0.2) is 9.78 Å².